The Bertz CT molecular complexity index is 978. The van der Waals surface area contributed by atoms with Crippen molar-refractivity contribution >= 4 is 23.4 Å². The number of hydrogen-bond donors (Lipinski definition) is 4. The molecule has 0 saturated carbocycles. The highest BCUT2D eigenvalue weighted by molar-refractivity contribution is 6.04. The first kappa shape index (κ1) is 20.2. The lowest BCUT2D eigenvalue weighted by Crippen LogP contribution is -2.30. The molecule has 0 aliphatic rings. The van der Waals surface area contributed by atoms with Gasteiger partial charge < -0.3 is 21.5 Å². The normalized spacial score (nSPS) is 11.9. The van der Waals surface area contributed by atoms with E-state index in [9.17, 15) is 9.90 Å². The highest BCUT2D eigenvalue weighted by atomic mass is 16.3. The summed E-state index contributed by atoms with van der Waals surface area (Å²) in [6.45, 7) is 3.91. The fraction of sp³-hybridized carbons (Fsp3) is 0.238. The van der Waals surface area contributed by atoms with Crippen LogP contribution in [0.2, 0.25) is 0 Å². The van der Waals surface area contributed by atoms with Gasteiger partial charge in [-0.15, -0.1) is 0 Å². The molecule has 1 aromatic carbocycles. The number of nitrogens with zero attached hydrogens (tertiary/aromatic N) is 3. The van der Waals surface area contributed by atoms with Crippen molar-refractivity contribution in [1.82, 2.24) is 15.0 Å². The van der Waals surface area contributed by atoms with E-state index in [-0.39, 0.29) is 24.5 Å². The summed E-state index contributed by atoms with van der Waals surface area (Å²) in [5.41, 5.74) is 8.15. The Labute approximate surface area is 169 Å². The average molecular weight is 392 g/mol. The predicted molar refractivity (Wildman–Crippen MR) is 113 cm³/mol. The minimum atomic E-state index is -0.329. The second kappa shape index (κ2) is 9.11. The van der Waals surface area contributed by atoms with E-state index in [1.807, 2.05) is 26.0 Å². The molecule has 0 bridgehead atoms. The number of pyridine rings is 1. The fourth-order valence-corrected chi connectivity index (χ4v) is 2.70. The Balaban J connectivity index is 1.94. The van der Waals surface area contributed by atoms with E-state index in [4.69, 9.17) is 5.73 Å². The van der Waals surface area contributed by atoms with Crippen LogP contribution < -0.4 is 16.4 Å². The Morgan fingerprint density at radius 2 is 1.90 bits per heavy atom. The zero-order valence-electron chi connectivity index (χ0n) is 16.3. The van der Waals surface area contributed by atoms with Crippen LogP contribution in [-0.2, 0) is 0 Å². The molecule has 0 spiro atoms. The second-order valence-electron chi connectivity index (χ2n) is 6.95. The molecule has 0 fully saturated rings. The summed E-state index contributed by atoms with van der Waals surface area (Å²) >= 11 is 0. The number of nitrogens with one attached hydrogen (secondary N) is 2. The second-order valence-corrected chi connectivity index (χ2v) is 6.95. The Morgan fingerprint density at radius 3 is 2.55 bits per heavy atom. The molecule has 0 aliphatic heterocycles. The molecule has 29 heavy (non-hydrogen) atoms. The number of aliphatic hydroxyl groups is 1. The van der Waals surface area contributed by atoms with Gasteiger partial charge in [-0.2, -0.15) is 4.98 Å². The molecular weight excluding hydrogens is 368 g/mol. The van der Waals surface area contributed by atoms with Gasteiger partial charge in [0.2, 0.25) is 5.95 Å². The van der Waals surface area contributed by atoms with Gasteiger partial charge in [-0.3, -0.25) is 9.78 Å². The number of aromatic nitrogens is 3. The SMILES string of the molecule is CC(C)[C@H](CO)Nc1nc(NC(=O)c2cccc(N)c2)cc(-c2ccncc2)n1. The predicted octanol–water partition coefficient (Wildman–Crippen LogP) is 2.80. The van der Waals surface area contributed by atoms with Crippen molar-refractivity contribution in [2.75, 3.05) is 23.0 Å². The molecule has 1 atom stereocenters. The number of aliphatic hydroxyl groups excluding tert-OH is 1. The molecule has 0 radical (unpaired) electrons. The Hall–Kier alpha value is -3.52. The third-order valence-corrected chi connectivity index (χ3v) is 4.41. The molecule has 0 aliphatic carbocycles. The number of carbonyl (C=O) groups is 1. The molecule has 8 heteroatoms. The highest BCUT2D eigenvalue weighted by Crippen LogP contribution is 2.22. The Kier molecular flexibility index (Phi) is 6.36. The van der Waals surface area contributed by atoms with Crippen molar-refractivity contribution in [1.29, 1.82) is 0 Å². The summed E-state index contributed by atoms with van der Waals surface area (Å²) in [7, 11) is 0. The van der Waals surface area contributed by atoms with Gasteiger partial charge in [-0.1, -0.05) is 19.9 Å². The van der Waals surface area contributed by atoms with Crippen molar-refractivity contribution in [3.63, 3.8) is 0 Å². The molecule has 2 heterocycles. The number of nitrogen functional groups attached to an aromatic ring is 1. The molecule has 8 nitrogen and oxygen atoms in total. The zero-order chi connectivity index (χ0) is 20.8. The highest BCUT2D eigenvalue weighted by Gasteiger charge is 2.16. The van der Waals surface area contributed by atoms with Crippen molar-refractivity contribution in [3.05, 3.63) is 60.4 Å². The summed E-state index contributed by atoms with van der Waals surface area (Å²) < 4.78 is 0. The monoisotopic (exact) mass is 392 g/mol. The minimum absolute atomic E-state index is 0.0640. The van der Waals surface area contributed by atoms with Crippen LogP contribution in [0.3, 0.4) is 0 Å². The van der Waals surface area contributed by atoms with Crippen molar-refractivity contribution in [2.45, 2.75) is 19.9 Å². The third-order valence-electron chi connectivity index (χ3n) is 4.41. The Morgan fingerprint density at radius 1 is 1.14 bits per heavy atom. The smallest absolute Gasteiger partial charge is 0.256 e. The summed E-state index contributed by atoms with van der Waals surface area (Å²) in [4.78, 5) is 25.6. The van der Waals surface area contributed by atoms with Crippen LogP contribution in [0.15, 0.2) is 54.9 Å². The van der Waals surface area contributed by atoms with Crippen molar-refractivity contribution < 1.29 is 9.90 Å². The van der Waals surface area contributed by atoms with Crippen LogP contribution in [0.5, 0.6) is 0 Å². The van der Waals surface area contributed by atoms with E-state index in [2.05, 4.69) is 25.6 Å². The zero-order valence-corrected chi connectivity index (χ0v) is 16.3. The van der Waals surface area contributed by atoms with Crippen LogP contribution in [0.25, 0.3) is 11.3 Å². The molecular formula is C21H24N6O2. The maximum absolute atomic E-state index is 12.6. The fourth-order valence-electron chi connectivity index (χ4n) is 2.70. The van der Waals surface area contributed by atoms with Gasteiger partial charge in [0, 0.05) is 35.3 Å². The summed E-state index contributed by atoms with van der Waals surface area (Å²) in [6, 6.07) is 11.8. The van der Waals surface area contributed by atoms with Gasteiger partial charge in [0.25, 0.3) is 5.91 Å². The quantitative estimate of drug-likeness (QED) is 0.455. The first-order valence-corrected chi connectivity index (χ1v) is 9.30. The van der Waals surface area contributed by atoms with Gasteiger partial charge in [0.1, 0.15) is 5.82 Å². The van der Waals surface area contributed by atoms with Crippen molar-refractivity contribution in [3.8, 4) is 11.3 Å². The van der Waals surface area contributed by atoms with E-state index in [0.717, 1.165) is 5.56 Å². The van der Waals surface area contributed by atoms with E-state index < -0.39 is 0 Å². The summed E-state index contributed by atoms with van der Waals surface area (Å²) in [5, 5.41) is 15.6. The van der Waals surface area contributed by atoms with Gasteiger partial charge in [-0.25, -0.2) is 4.98 Å². The van der Waals surface area contributed by atoms with Crippen LogP contribution in [0.1, 0.15) is 24.2 Å². The third kappa shape index (κ3) is 5.26. The lowest BCUT2D eigenvalue weighted by molar-refractivity contribution is 0.102. The van der Waals surface area contributed by atoms with Gasteiger partial charge >= 0.3 is 0 Å². The first-order valence-electron chi connectivity index (χ1n) is 9.30. The summed E-state index contributed by atoms with van der Waals surface area (Å²) in [5.74, 6) is 0.487. The maximum atomic E-state index is 12.6. The molecule has 5 N–H and O–H groups in total. The van der Waals surface area contributed by atoms with Gasteiger partial charge in [0.05, 0.1) is 18.3 Å². The van der Waals surface area contributed by atoms with Gasteiger partial charge in [-0.05, 0) is 36.2 Å². The average Bonchev–Trinajstić information content (AvgIpc) is 2.72. The summed E-state index contributed by atoms with van der Waals surface area (Å²) in [6.07, 6.45) is 3.33. The van der Waals surface area contributed by atoms with Crippen molar-refractivity contribution in [2.24, 2.45) is 5.92 Å². The first-order chi connectivity index (χ1) is 14.0. The van der Waals surface area contributed by atoms with Crippen LogP contribution >= 0.6 is 0 Å². The van der Waals surface area contributed by atoms with E-state index in [1.54, 1.807) is 42.7 Å². The number of nitrogens with two attached hydrogens (primary N) is 1. The lowest BCUT2D eigenvalue weighted by atomic mass is 10.1. The van der Waals surface area contributed by atoms with E-state index >= 15 is 0 Å². The number of anilines is 3. The van der Waals surface area contributed by atoms with E-state index in [0.29, 0.717) is 28.7 Å². The van der Waals surface area contributed by atoms with E-state index in [1.165, 1.54) is 0 Å². The molecule has 3 rings (SSSR count). The molecule has 3 aromatic rings. The number of carbonyl (C=O) groups excluding carboxylic acids is 1. The molecule has 0 unspecified atom stereocenters. The van der Waals surface area contributed by atoms with Gasteiger partial charge in [0.15, 0.2) is 0 Å². The number of rotatable bonds is 7. The lowest BCUT2D eigenvalue weighted by Gasteiger charge is -2.20. The molecule has 0 saturated heterocycles. The largest absolute Gasteiger partial charge is 0.399 e. The maximum Gasteiger partial charge on any atom is 0.256 e. The standard InChI is InChI=1S/C21H24N6O2/c1-13(2)18(12-28)25-21-24-17(14-6-8-23-9-7-14)11-19(27-21)26-20(29)15-4-3-5-16(22)10-15/h3-11,13,18,28H,12,22H2,1-2H3,(H2,24,25,26,27,29)/t18-/m0/s1. The minimum Gasteiger partial charge on any atom is -0.399 e. The van der Waals surface area contributed by atoms with Crippen LogP contribution in [0, 0.1) is 5.92 Å². The molecule has 150 valence electrons. The number of amides is 1. The number of hydrogen-bond acceptors (Lipinski definition) is 7. The molecule has 1 amide bonds. The molecule has 2 aromatic heterocycles. The topological polar surface area (TPSA) is 126 Å². The number of benzene rings is 1. The van der Waals surface area contributed by atoms with Crippen LogP contribution in [-0.4, -0.2) is 38.6 Å². The van der Waals surface area contributed by atoms with Crippen LogP contribution in [0.4, 0.5) is 17.5 Å².